The number of carbonyl (C=O) groups is 6. The molecule has 26 heteroatoms. The second-order valence-corrected chi connectivity index (χ2v) is 19.0. The molecule has 8 N–H and O–H groups in total. The Hall–Kier alpha value is -8.02. The van der Waals surface area contributed by atoms with Gasteiger partial charge in [0.1, 0.15) is 47.1 Å². The number of ether oxygens (including phenoxy) is 4. The molecule has 6 aromatic rings. The molecule has 0 fully saturated rings. The van der Waals surface area contributed by atoms with E-state index in [1.807, 2.05) is 13.8 Å². The van der Waals surface area contributed by atoms with Crippen LogP contribution in [-0.4, -0.2) is 132 Å². The molecule has 0 atom stereocenters. The molecule has 0 bridgehead atoms. The number of allylic oxidation sites excluding steroid dienone is 2. The second-order valence-electron chi connectivity index (χ2n) is 16.3. The first-order chi connectivity index (χ1) is 36.1. The number of aryl methyl sites for hydroxylation is 4. The van der Waals surface area contributed by atoms with Crippen molar-refractivity contribution in [1.82, 2.24) is 49.3 Å². The number of benzene rings is 2. The lowest BCUT2D eigenvalue weighted by Gasteiger charge is -2.13. The summed E-state index contributed by atoms with van der Waals surface area (Å²) in [5, 5.41) is 20.0. The van der Waals surface area contributed by atoms with Crippen LogP contribution in [0.3, 0.4) is 0 Å². The second kappa shape index (κ2) is 27.3. The lowest BCUT2D eigenvalue weighted by atomic mass is 10.1. The Morgan fingerprint density at radius 1 is 0.720 bits per heavy atom. The molecular formula is C49H60N14O10S2. The SMILES string of the molecule is C#CCOCCSSCCOC(=O)NCCC(=O)NCCCOc1cc(C(N)=O)cc2nc(NC(=O)c3cc(C)nn3CC)n(C/C=C/Cn3c(NC(=O)c4cc(C)nn4CC)nc4cc(C(N)=O)cc(OC)c43)c12. The average molecular weight is 1070 g/mol. The van der Waals surface area contributed by atoms with Crippen LogP contribution in [0.5, 0.6) is 11.5 Å². The summed E-state index contributed by atoms with van der Waals surface area (Å²) in [6, 6.07) is 9.30. The van der Waals surface area contributed by atoms with Crippen molar-refractivity contribution in [1.29, 1.82) is 0 Å². The van der Waals surface area contributed by atoms with Gasteiger partial charge in [-0.25, -0.2) is 14.8 Å². The highest BCUT2D eigenvalue weighted by Crippen LogP contribution is 2.33. The van der Waals surface area contributed by atoms with Gasteiger partial charge in [0.15, 0.2) is 0 Å². The molecular weight excluding hydrogens is 1010 g/mol. The van der Waals surface area contributed by atoms with Crippen LogP contribution in [0.15, 0.2) is 48.6 Å². The van der Waals surface area contributed by atoms with Crippen LogP contribution in [0.25, 0.3) is 22.1 Å². The van der Waals surface area contributed by atoms with Crippen molar-refractivity contribution < 1.29 is 47.7 Å². The number of carbonyl (C=O) groups excluding carboxylic acids is 6. The van der Waals surface area contributed by atoms with E-state index in [1.165, 1.54) is 31.4 Å². The van der Waals surface area contributed by atoms with Crippen molar-refractivity contribution in [2.75, 3.05) is 68.8 Å². The lowest BCUT2D eigenvalue weighted by Crippen LogP contribution is -2.32. The third kappa shape index (κ3) is 15.0. The van der Waals surface area contributed by atoms with E-state index in [1.54, 1.807) is 78.2 Å². The number of anilines is 2. The maximum atomic E-state index is 13.9. The van der Waals surface area contributed by atoms with Gasteiger partial charge in [-0.15, -0.1) is 6.42 Å². The average Bonchev–Trinajstić information content (AvgIpc) is 4.16. The normalized spacial score (nSPS) is 11.2. The molecule has 0 aliphatic rings. The number of fused-ring (bicyclic) bond motifs is 2. The van der Waals surface area contributed by atoms with Crippen LogP contribution in [0, 0.1) is 26.2 Å². The maximum absolute atomic E-state index is 13.9. The van der Waals surface area contributed by atoms with Crippen molar-refractivity contribution >= 4 is 91.2 Å². The molecule has 75 heavy (non-hydrogen) atoms. The van der Waals surface area contributed by atoms with Crippen molar-refractivity contribution in [2.45, 2.75) is 66.7 Å². The van der Waals surface area contributed by atoms with Crippen LogP contribution in [-0.2, 0) is 40.4 Å². The largest absolute Gasteiger partial charge is 0.494 e. The number of amides is 6. The number of nitrogens with two attached hydrogens (primary N) is 2. The number of nitrogens with one attached hydrogen (secondary N) is 4. The Kier molecular flexibility index (Phi) is 20.5. The number of methoxy groups -OCH3 is 1. The van der Waals surface area contributed by atoms with Crippen molar-refractivity contribution in [2.24, 2.45) is 11.5 Å². The van der Waals surface area contributed by atoms with Gasteiger partial charge >= 0.3 is 6.09 Å². The van der Waals surface area contributed by atoms with E-state index in [0.29, 0.717) is 71.2 Å². The molecule has 0 saturated heterocycles. The van der Waals surface area contributed by atoms with Gasteiger partial charge in [-0.05, 0) is 70.5 Å². The topological polar surface area (TPSA) is 311 Å². The van der Waals surface area contributed by atoms with Crippen LogP contribution < -0.4 is 42.2 Å². The van der Waals surface area contributed by atoms with Crippen molar-refractivity contribution in [3.05, 3.63) is 82.5 Å². The smallest absolute Gasteiger partial charge is 0.407 e. The fourth-order valence-electron chi connectivity index (χ4n) is 7.60. The molecule has 4 heterocycles. The number of rotatable bonds is 29. The molecule has 398 valence electrons. The van der Waals surface area contributed by atoms with E-state index >= 15 is 0 Å². The molecule has 6 rings (SSSR count). The summed E-state index contributed by atoms with van der Waals surface area (Å²) in [7, 11) is 4.56. The minimum atomic E-state index is -0.742. The highest BCUT2D eigenvalue weighted by molar-refractivity contribution is 8.76. The summed E-state index contributed by atoms with van der Waals surface area (Å²) in [6.07, 6.45) is 8.48. The number of alkyl carbamates (subject to hydrolysis) is 1. The zero-order valence-electron chi connectivity index (χ0n) is 42.2. The zero-order valence-corrected chi connectivity index (χ0v) is 43.9. The number of primary amides is 2. The molecule has 0 aliphatic heterocycles. The van der Waals surface area contributed by atoms with Gasteiger partial charge in [0, 0.05) is 68.3 Å². The van der Waals surface area contributed by atoms with Gasteiger partial charge in [-0.1, -0.05) is 39.7 Å². The summed E-state index contributed by atoms with van der Waals surface area (Å²) in [4.78, 5) is 86.7. The number of terminal acetylenes is 1. The van der Waals surface area contributed by atoms with Gasteiger partial charge in [-0.3, -0.25) is 44.0 Å². The molecule has 24 nitrogen and oxygen atoms in total. The van der Waals surface area contributed by atoms with E-state index in [2.05, 4.69) is 42.4 Å². The van der Waals surface area contributed by atoms with Gasteiger partial charge in [0.2, 0.25) is 29.6 Å². The Labute approximate surface area is 439 Å². The summed E-state index contributed by atoms with van der Waals surface area (Å²) in [5.41, 5.74) is 15.1. The van der Waals surface area contributed by atoms with Crippen LogP contribution in [0.4, 0.5) is 16.7 Å². The van der Waals surface area contributed by atoms with E-state index in [0.717, 1.165) is 5.75 Å². The number of hydrogen-bond donors (Lipinski definition) is 6. The maximum Gasteiger partial charge on any atom is 0.407 e. The Balaban J connectivity index is 1.19. The molecule has 2 aromatic carbocycles. The zero-order chi connectivity index (χ0) is 54.0. The van der Waals surface area contributed by atoms with Crippen LogP contribution >= 0.6 is 21.6 Å². The predicted molar refractivity (Wildman–Crippen MR) is 285 cm³/mol. The van der Waals surface area contributed by atoms with E-state index in [9.17, 15) is 28.8 Å². The van der Waals surface area contributed by atoms with Gasteiger partial charge in [0.25, 0.3) is 11.8 Å². The number of aromatic nitrogens is 8. The number of nitrogens with zero attached hydrogens (tertiary/aromatic N) is 8. The van der Waals surface area contributed by atoms with Crippen molar-refractivity contribution in [3.63, 3.8) is 0 Å². The number of imidazole rings is 2. The standard InChI is InChI=1S/C49H60N14O10S2/c1-7-18-71-20-22-74-75-23-21-73-49(69)53-15-13-40(64)52-14-12-19-72-39-29-33(44(51)66)27-35-42(39)61(48(55-35)57-46(68)37-25-31(5)59-63(37)9-3)17-11-10-16-60-41-34(26-32(43(50)65)28-38(41)70-6)54-47(60)56-45(67)36-24-30(4)58-62(36)8-2/h1,10-11,24-29H,8-9,12-23H2,2-6H3,(H2,50,65)(H2,51,66)(H,52,64)(H,53,69)(H,54,56,67)(H,55,57,68)/b11-10+. The fraction of sp³-hybridized carbons (Fsp3) is 0.388. The highest BCUT2D eigenvalue weighted by atomic mass is 33.1. The molecule has 0 radical (unpaired) electrons. The third-order valence-corrected chi connectivity index (χ3v) is 13.3. The van der Waals surface area contributed by atoms with E-state index < -0.39 is 29.7 Å². The lowest BCUT2D eigenvalue weighted by molar-refractivity contribution is -0.121. The molecule has 0 aliphatic carbocycles. The van der Waals surface area contributed by atoms with E-state index in [4.69, 9.17) is 41.8 Å². The van der Waals surface area contributed by atoms with Crippen LogP contribution in [0.1, 0.15) is 79.8 Å². The predicted octanol–water partition coefficient (Wildman–Crippen LogP) is 4.44. The summed E-state index contributed by atoms with van der Waals surface area (Å²) in [6.45, 7) is 9.73. The molecule has 0 saturated carbocycles. The molecule has 6 amide bonds. The monoisotopic (exact) mass is 1070 g/mol. The number of hydrogen-bond acceptors (Lipinski definition) is 16. The van der Waals surface area contributed by atoms with E-state index in [-0.39, 0.29) is 98.4 Å². The third-order valence-electron chi connectivity index (χ3n) is 11.0. The minimum Gasteiger partial charge on any atom is -0.494 e. The summed E-state index contributed by atoms with van der Waals surface area (Å²) in [5.74, 6) is 1.79. The van der Waals surface area contributed by atoms with Crippen molar-refractivity contribution in [3.8, 4) is 23.8 Å². The fourth-order valence-corrected chi connectivity index (χ4v) is 9.28. The van der Waals surface area contributed by atoms with Gasteiger partial charge < -0.3 is 50.2 Å². The molecule has 0 spiro atoms. The molecule has 0 unspecified atom stereocenters. The van der Waals surface area contributed by atoms with Gasteiger partial charge in [-0.2, -0.15) is 10.2 Å². The Morgan fingerprint density at radius 2 is 1.25 bits per heavy atom. The first-order valence-corrected chi connectivity index (χ1v) is 26.3. The first-order valence-electron chi connectivity index (χ1n) is 23.8. The molecule has 4 aromatic heterocycles. The Bertz CT molecular complexity index is 3120. The Morgan fingerprint density at radius 3 is 1.77 bits per heavy atom. The minimum absolute atomic E-state index is 0.0151. The highest BCUT2D eigenvalue weighted by Gasteiger charge is 2.24. The van der Waals surface area contributed by atoms with Gasteiger partial charge in [0.05, 0.1) is 42.7 Å². The quantitative estimate of drug-likeness (QED) is 0.0164. The van der Waals surface area contributed by atoms with Crippen LogP contribution in [0.2, 0.25) is 0 Å². The summed E-state index contributed by atoms with van der Waals surface area (Å²) >= 11 is 0. The first kappa shape index (κ1) is 56.3. The summed E-state index contributed by atoms with van der Waals surface area (Å²) < 4.78 is 28.9.